The minimum absolute atomic E-state index is 0.188. The van der Waals surface area contributed by atoms with Gasteiger partial charge in [-0.1, -0.05) is 35.7 Å². The van der Waals surface area contributed by atoms with E-state index in [9.17, 15) is 147 Å². The summed E-state index contributed by atoms with van der Waals surface area (Å²) in [7, 11) is 0. The van der Waals surface area contributed by atoms with E-state index in [1.54, 1.807) is 0 Å². The van der Waals surface area contributed by atoms with Crippen molar-refractivity contribution in [3.05, 3.63) is 0 Å². The molecular weight excluding hydrogens is 1700 g/mol. The summed E-state index contributed by atoms with van der Waals surface area (Å²) < 4.78 is 102. The lowest BCUT2D eigenvalue weighted by atomic mass is 9.89. The number of halogens is 1. The number of amides is 4. The van der Waals surface area contributed by atoms with Gasteiger partial charge in [0.25, 0.3) is 0 Å². The van der Waals surface area contributed by atoms with E-state index in [0.29, 0.717) is 0 Å². The molecule has 1 aliphatic carbocycles. The van der Waals surface area contributed by atoms with Crippen molar-refractivity contribution in [3.8, 4) is 0 Å². The van der Waals surface area contributed by atoms with Crippen molar-refractivity contribution in [2.24, 2.45) is 5.92 Å². The molecule has 50 nitrogen and oxygen atoms in total. The number of nitrogens with one attached hydrogen (secondary N) is 4. The number of rotatable bonds is 32. The van der Waals surface area contributed by atoms with E-state index in [4.69, 9.17) is 80.5 Å². The molecule has 28 N–H and O–H groups in total. The topological polar surface area (TPSA) is 776 Å². The Morgan fingerprint density at radius 1 is 0.283 bits per heavy atom. The third kappa shape index (κ3) is 23.5. The lowest BCUT2D eigenvalue weighted by Crippen LogP contribution is -2.71. The van der Waals surface area contributed by atoms with Gasteiger partial charge in [-0.05, 0) is 5.92 Å². The Balaban J connectivity index is 0.00000397. The number of carbonyl (C=O) groups excluding carboxylic acids is 5. The van der Waals surface area contributed by atoms with Gasteiger partial charge < -0.3 is 224 Å². The zero-order chi connectivity index (χ0) is 88.5. The molecule has 0 aromatic heterocycles. The predicted octanol–water partition coefficient (Wildman–Crippen LogP) is -17.2. The predicted molar refractivity (Wildman–Crippen MR) is 383 cm³/mol. The molecule has 1 saturated carbocycles. The van der Waals surface area contributed by atoms with Crippen LogP contribution in [0.5, 0.6) is 0 Å². The highest BCUT2D eigenvalue weighted by Crippen LogP contribution is 2.41. The zero-order valence-electron chi connectivity index (χ0n) is 65.3. The van der Waals surface area contributed by atoms with Crippen LogP contribution in [0.1, 0.15) is 53.9 Å². The molecule has 0 radical (unpaired) electrons. The van der Waals surface area contributed by atoms with Crippen LogP contribution in [-0.4, -0.2) is 493 Å². The van der Waals surface area contributed by atoms with Gasteiger partial charge in [0.05, 0.1) is 76.9 Å². The highest BCUT2D eigenvalue weighted by Gasteiger charge is 2.61. The number of Topliss-reactive ketones (excluding diaryl/α,β-unsaturated/α-hetero) is 1. The monoisotopic (exact) mass is 1810 g/mol. The minimum atomic E-state index is -2.58. The molecule has 0 aromatic carbocycles. The first kappa shape index (κ1) is 100. The Morgan fingerprint density at radius 2 is 0.550 bits per heavy atom. The van der Waals surface area contributed by atoms with Crippen LogP contribution < -0.4 is 21.3 Å². The Bertz CT molecular complexity index is 3210. The molecule has 10 fully saturated rings. The average molecular weight is 1820 g/mol. The highest BCUT2D eigenvalue weighted by molar-refractivity contribution is 9.09. The maximum atomic E-state index is 13.1. The molecule has 51 heteroatoms. The zero-order valence-corrected chi connectivity index (χ0v) is 66.9. The molecule has 9 aliphatic heterocycles. The number of ether oxygens (including phenoxy) is 17. The highest BCUT2D eigenvalue weighted by atomic mass is 79.9. The number of hydrogen-bond acceptors (Lipinski definition) is 46. The minimum Gasteiger partial charge on any atom is -0.394 e. The second kappa shape index (κ2) is 44.9. The fourth-order valence-electron chi connectivity index (χ4n) is 15.2. The summed E-state index contributed by atoms with van der Waals surface area (Å²) in [6.45, 7) is -3.64. The van der Waals surface area contributed by atoms with Crippen molar-refractivity contribution >= 4 is 45.3 Å². The second-order valence-electron chi connectivity index (χ2n) is 30.9. The molecule has 120 heavy (non-hydrogen) atoms. The van der Waals surface area contributed by atoms with Gasteiger partial charge in [0.15, 0.2) is 50.3 Å². The molecule has 0 aromatic rings. The van der Waals surface area contributed by atoms with Crippen LogP contribution in [0.4, 0.5) is 0 Å². The average Bonchev–Trinajstić information content (AvgIpc) is 1.77. The van der Waals surface area contributed by atoms with E-state index in [2.05, 4.69) is 44.1 Å². The fourth-order valence-corrected chi connectivity index (χ4v) is 15.4. The number of ketones is 1. The number of carbonyl (C=O) groups is 5. The quantitative estimate of drug-likeness (QED) is 0.0278. The molecule has 10 rings (SSSR count). The number of alkyl halides is 1. The van der Waals surface area contributed by atoms with Crippen molar-refractivity contribution in [1.29, 1.82) is 0 Å². The maximum Gasteiger partial charge on any atom is 0.217 e. The lowest BCUT2D eigenvalue weighted by Gasteiger charge is -2.51. The first-order chi connectivity index (χ1) is 56.8. The summed E-state index contributed by atoms with van der Waals surface area (Å²) in [6, 6.07) is -7.23. The van der Waals surface area contributed by atoms with Crippen molar-refractivity contribution in [1.82, 2.24) is 21.3 Å². The van der Waals surface area contributed by atoms with Gasteiger partial charge in [-0.15, -0.1) is 0 Å². The third-order valence-corrected chi connectivity index (χ3v) is 22.6. The normalized spacial score (nSPS) is 46.9. The molecule has 0 bridgehead atoms. The van der Waals surface area contributed by atoms with E-state index in [1.807, 2.05) is 0 Å². The van der Waals surface area contributed by atoms with Gasteiger partial charge in [0.2, 0.25) is 23.6 Å². The van der Waals surface area contributed by atoms with Crippen molar-refractivity contribution in [2.45, 2.75) is 330 Å². The summed E-state index contributed by atoms with van der Waals surface area (Å²) in [5, 5.41) is 277. The first-order valence-electron chi connectivity index (χ1n) is 38.9. The van der Waals surface area contributed by atoms with Crippen molar-refractivity contribution in [3.63, 3.8) is 0 Å². The molecule has 45 atom stereocenters. The van der Waals surface area contributed by atoms with Crippen LogP contribution in [0.3, 0.4) is 0 Å². The van der Waals surface area contributed by atoms with Gasteiger partial charge in [-0.25, -0.2) is 0 Å². The Kier molecular flexibility index (Phi) is 37.5. The molecule has 9 heterocycles. The van der Waals surface area contributed by atoms with Crippen LogP contribution >= 0.6 is 15.9 Å². The van der Waals surface area contributed by atoms with Crippen LogP contribution in [0.15, 0.2) is 0 Å². The third-order valence-electron chi connectivity index (χ3n) is 21.9. The largest absolute Gasteiger partial charge is 0.394 e. The molecular formula is C69H115BrN4O46. The smallest absolute Gasteiger partial charge is 0.217 e. The van der Waals surface area contributed by atoms with Gasteiger partial charge >= 0.3 is 0 Å². The van der Waals surface area contributed by atoms with Gasteiger partial charge in [-0.2, -0.15) is 0 Å². The Hall–Kier alpha value is -3.61. The molecule has 9 saturated heterocycles. The molecule has 0 spiro atoms. The summed E-state index contributed by atoms with van der Waals surface area (Å²) in [4.78, 5) is 64.1. The van der Waals surface area contributed by atoms with E-state index < -0.39 is 371 Å². The van der Waals surface area contributed by atoms with Gasteiger partial charge in [0, 0.05) is 34.1 Å². The lowest BCUT2D eigenvalue weighted by molar-refractivity contribution is -0.398. The Labute approximate surface area is 691 Å². The maximum absolute atomic E-state index is 13.1. The summed E-state index contributed by atoms with van der Waals surface area (Å²) in [6.07, 6.45) is -81.9. The van der Waals surface area contributed by atoms with Crippen molar-refractivity contribution in [2.75, 3.05) is 64.8 Å². The number of hydrogen-bond donors (Lipinski definition) is 28. The molecule has 694 valence electrons. The van der Waals surface area contributed by atoms with Crippen LogP contribution in [0.25, 0.3) is 0 Å². The number of aliphatic hydroxyl groups excluding tert-OH is 24. The standard InChI is InChI=1S/C65H107BrN4O46.C4H8/c1-16(79)67-31-21(5-20(83)6-66)101-26(11-75)51(40(31)89)110-58-32(68-17(2)80)41(90)54(29(14-78)106-58)113-63-50(99)55(114-65-57(47(96)38(87)25(10-74)105-65)116-60-34(70-19(4)82)43(92)53(28(13-77)108-60)112-62-49(98)45(94)36(85)23(8-72)103-62)39(88)30(109-63)15-100-64-56(46(95)37(86)24(9-73)104-64)115-59-33(69-18(3)81)42(91)52(27(12-76)107-59)111-61-48(97)44(93)35(84)22(7-71)102-61;1-4-2-3-4/h21-65,71-78,84-99H,5-15H2,1-4H3,(H,67,79)(H,68,80)(H,69,81)(H,70,82);4H,2-3H2,1H3/t21-,22?,23?,24?,25?,26?,27-,28?,29?,30?,31?,32?,33?,34?,35-,36-,37+,38+,39+,40+,41+,42?,43+,44-,45-,46-,47?,48?,49?,50?,51+,52+,53+,54+,55-,56?,57?,58-,59-,60-,61-,62-,63-,64-,65+;/m0./s1. The van der Waals surface area contributed by atoms with E-state index in [0.717, 1.165) is 33.6 Å². The summed E-state index contributed by atoms with van der Waals surface area (Å²) in [5.41, 5.74) is 0. The second-order valence-corrected chi connectivity index (χ2v) is 31.4. The van der Waals surface area contributed by atoms with Crippen LogP contribution in [0, 0.1) is 5.92 Å². The first-order valence-corrected chi connectivity index (χ1v) is 40.0. The van der Waals surface area contributed by atoms with Gasteiger partial charge in [0.1, 0.15) is 219 Å². The Morgan fingerprint density at radius 3 is 0.892 bits per heavy atom. The van der Waals surface area contributed by atoms with E-state index >= 15 is 0 Å². The SMILES string of the molecule is CC(=O)NC1C(O)[C@H](O[C@@H]2OC(CO)[C@H](O)[C@H](O)C2O)[C@H](CO)O[C@H]1OC1[C@@H](OCC2O[C@@H](O[C@@H]3C(CO)O[C@@H](O[C@@H]4C(CO)O[C@@H](CC(=O)CBr)C(NC(C)=O)[C@H]4O)C(NC(C)=O)[C@H]3O)C(O)[C@@H](O[C@H]3OC(CO)[C@@H](O)C(O)C3O[C@@H]3OC(CO)[C@@H](O[C@@H]4OC(CO)[C@H](O)[C@H](O)C4O)[C@H](O)C3NC(C)=O)[C@@H]2O)OC(CO)[C@@H](O)[C@@H]1O.CC1CC1. The molecule has 19 unspecified atom stereocenters. The molecule has 10 aliphatic rings. The summed E-state index contributed by atoms with van der Waals surface area (Å²) >= 11 is 3.04. The van der Waals surface area contributed by atoms with E-state index in [-0.39, 0.29) is 5.33 Å². The fraction of sp³-hybridized carbons (Fsp3) is 0.928. The van der Waals surface area contributed by atoms with E-state index in [1.165, 1.54) is 12.8 Å². The van der Waals surface area contributed by atoms with Crippen LogP contribution in [0.2, 0.25) is 0 Å². The number of aliphatic hydroxyl groups is 24. The van der Waals surface area contributed by atoms with Crippen LogP contribution in [-0.2, 0) is 104 Å². The van der Waals surface area contributed by atoms with Gasteiger partial charge in [-0.3, -0.25) is 24.0 Å². The molecule has 4 amide bonds. The summed E-state index contributed by atoms with van der Waals surface area (Å²) in [5.74, 6) is -2.94. The van der Waals surface area contributed by atoms with Crippen molar-refractivity contribution < 1.29 is 227 Å².